The maximum atomic E-state index is 5.65. The summed E-state index contributed by atoms with van der Waals surface area (Å²) in [5, 5.41) is 3.44. The molecule has 2 rings (SSSR count). The minimum Gasteiger partial charge on any atom is -0.468 e. The smallest absolute Gasteiger partial charge is 0.118 e. The van der Waals surface area contributed by atoms with Gasteiger partial charge in [0.25, 0.3) is 0 Å². The highest BCUT2D eigenvalue weighted by Crippen LogP contribution is 2.20. The van der Waals surface area contributed by atoms with Crippen LogP contribution in [0.1, 0.15) is 44.9 Å². The summed E-state index contributed by atoms with van der Waals surface area (Å²) in [6.45, 7) is 10.9. The van der Waals surface area contributed by atoms with Crippen LogP contribution in [-0.4, -0.2) is 24.0 Å². The molecular formula is C15H26N2O. The van der Waals surface area contributed by atoms with Gasteiger partial charge in [-0.1, -0.05) is 13.8 Å². The third-order valence-corrected chi connectivity index (χ3v) is 3.64. The second-order valence-electron chi connectivity index (χ2n) is 5.91. The molecule has 18 heavy (non-hydrogen) atoms. The largest absolute Gasteiger partial charge is 0.468 e. The van der Waals surface area contributed by atoms with Gasteiger partial charge in [0.1, 0.15) is 5.76 Å². The number of nitrogens with zero attached hydrogens (tertiary/aromatic N) is 1. The SMILES string of the molecule is CC(C)CNCc1coc(CN2CCCC2C)c1. The maximum Gasteiger partial charge on any atom is 0.118 e. The summed E-state index contributed by atoms with van der Waals surface area (Å²) in [6, 6.07) is 2.90. The molecule has 102 valence electrons. The van der Waals surface area contributed by atoms with Crippen molar-refractivity contribution in [3.05, 3.63) is 23.7 Å². The molecule has 1 aromatic heterocycles. The van der Waals surface area contributed by atoms with Gasteiger partial charge in [-0.2, -0.15) is 0 Å². The van der Waals surface area contributed by atoms with E-state index in [4.69, 9.17) is 4.42 Å². The van der Waals surface area contributed by atoms with Gasteiger partial charge in [-0.05, 0) is 44.8 Å². The first-order valence-electron chi connectivity index (χ1n) is 7.16. The van der Waals surface area contributed by atoms with Crippen molar-refractivity contribution in [2.75, 3.05) is 13.1 Å². The third-order valence-electron chi connectivity index (χ3n) is 3.64. The van der Waals surface area contributed by atoms with E-state index in [0.29, 0.717) is 12.0 Å². The van der Waals surface area contributed by atoms with E-state index >= 15 is 0 Å². The zero-order valence-electron chi connectivity index (χ0n) is 11.9. The molecule has 0 radical (unpaired) electrons. The van der Waals surface area contributed by atoms with Crippen LogP contribution in [0.25, 0.3) is 0 Å². The fourth-order valence-electron chi connectivity index (χ4n) is 2.53. The Morgan fingerprint density at radius 3 is 3.00 bits per heavy atom. The minimum absolute atomic E-state index is 0.696. The monoisotopic (exact) mass is 250 g/mol. The van der Waals surface area contributed by atoms with E-state index in [-0.39, 0.29) is 0 Å². The van der Waals surface area contributed by atoms with E-state index in [1.807, 2.05) is 6.26 Å². The molecule has 1 unspecified atom stereocenters. The van der Waals surface area contributed by atoms with Crippen molar-refractivity contribution in [3.63, 3.8) is 0 Å². The van der Waals surface area contributed by atoms with Crippen molar-refractivity contribution in [2.45, 2.75) is 52.7 Å². The fraction of sp³-hybridized carbons (Fsp3) is 0.733. The van der Waals surface area contributed by atoms with E-state index in [9.17, 15) is 0 Å². The molecule has 1 N–H and O–H groups in total. The van der Waals surface area contributed by atoms with E-state index < -0.39 is 0 Å². The van der Waals surface area contributed by atoms with Gasteiger partial charge >= 0.3 is 0 Å². The summed E-state index contributed by atoms with van der Waals surface area (Å²) in [5.41, 5.74) is 1.26. The van der Waals surface area contributed by atoms with Gasteiger partial charge in [-0.15, -0.1) is 0 Å². The van der Waals surface area contributed by atoms with Crippen LogP contribution < -0.4 is 5.32 Å². The first-order valence-corrected chi connectivity index (χ1v) is 7.16. The van der Waals surface area contributed by atoms with Crippen LogP contribution in [0.4, 0.5) is 0 Å². The fourth-order valence-corrected chi connectivity index (χ4v) is 2.53. The van der Waals surface area contributed by atoms with Gasteiger partial charge in [0.2, 0.25) is 0 Å². The molecule has 1 fully saturated rings. The molecule has 0 spiro atoms. The molecule has 3 nitrogen and oxygen atoms in total. The highest BCUT2D eigenvalue weighted by atomic mass is 16.3. The van der Waals surface area contributed by atoms with Crippen LogP contribution in [0, 0.1) is 5.92 Å². The van der Waals surface area contributed by atoms with Gasteiger partial charge in [0, 0.05) is 18.2 Å². The summed E-state index contributed by atoms with van der Waals surface area (Å²) in [7, 11) is 0. The van der Waals surface area contributed by atoms with E-state index in [2.05, 4.69) is 37.1 Å². The third kappa shape index (κ3) is 3.85. The molecule has 2 heterocycles. The van der Waals surface area contributed by atoms with Crippen LogP contribution in [0.15, 0.2) is 16.7 Å². The van der Waals surface area contributed by atoms with Crippen molar-refractivity contribution in [1.29, 1.82) is 0 Å². The second-order valence-corrected chi connectivity index (χ2v) is 5.91. The summed E-state index contributed by atoms with van der Waals surface area (Å²) >= 11 is 0. The predicted molar refractivity (Wildman–Crippen MR) is 74.4 cm³/mol. The van der Waals surface area contributed by atoms with Crippen molar-refractivity contribution >= 4 is 0 Å². The van der Waals surface area contributed by atoms with Crippen LogP contribution >= 0.6 is 0 Å². The molecule has 1 aromatic rings. The van der Waals surface area contributed by atoms with Crippen molar-refractivity contribution in [2.24, 2.45) is 5.92 Å². The lowest BCUT2D eigenvalue weighted by Crippen LogP contribution is -2.25. The first-order chi connectivity index (χ1) is 8.65. The molecular weight excluding hydrogens is 224 g/mol. The zero-order valence-corrected chi connectivity index (χ0v) is 11.9. The van der Waals surface area contributed by atoms with E-state index in [0.717, 1.165) is 25.4 Å². The van der Waals surface area contributed by atoms with Crippen molar-refractivity contribution in [1.82, 2.24) is 10.2 Å². The van der Waals surface area contributed by atoms with Crippen LogP contribution in [0.3, 0.4) is 0 Å². The highest BCUT2D eigenvalue weighted by Gasteiger charge is 2.21. The summed E-state index contributed by atoms with van der Waals surface area (Å²) in [5.74, 6) is 1.80. The molecule has 1 aliphatic heterocycles. The Hall–Kier alpha value is -0.800. The molecule has 0 aromatic carbocycles. The van der Waals surface area contributed by atoms with E-state index in [1.165, 1.54) is 24.9 Å². The highest BCUT2D eigenvalue weighted by molar-refractivity contribution is 5.12. The van der Waals surface area contributed by atoms with Gasteiger partial charge in [-0.3, -0.25) is 4.90 Å². The van der Waals surface area contributed by atoms with Crippen molar-refractivity contribution in [3.8, 4) is 0 Å². The Kier molecular flexibility index (Phi) is 4.84. The lowest BCUT2D eigenvalue weighted by atomic mass is 10.2. The molecule has 0 aliphatic carbocycles. The quantitative estimate of drug-likeness (QED) is 0.841. The summed E-state index contributed by atoms with van der Waals surface area (Å²) in [4.78, 5) is 2.50. The van der Waals surface area contributed by atoms with Crippen LogP contribution in [0.2, 0.25) is 0 Å². The minimum atomic E-state index is 0.696. The van der Waals surface area contributed by atoms with Gasteiger partial charge in [0.05, 0.1) is 12.8 Å². The average molecular weight is 250 g/mol. The molecule has 0 bridgehead atoms. The zero-order chi connectivity index (χ0) is 13.0. The lowest BCUT2D eigenvalue weighted by Gasteiger charge is -2.18. The van der Waals surface area contributed by atoms with Crippen molar-refractivity contribution < 1.29 is 4.42 Å². The van der Waals surface area contributed by atoms with Crippen LogP contribution in [-0.2, 0) is 13.1 Å². The Balaban J connectivity index is 1.78. The molecule has 0 amide bonds. The standard InChI is InChI=1S/C15H26N2O/c1-12(2)8-16-9-14-7-15(18-11-14)10-17-6-4-5-13(17)3/h7,11-13,16H,4-6,8-10H2,1-3H3. The number of likely N-dealkylation sites (tertiary alicyclic amines) is 1. The number of rotatable bonds is 6. The average Bonchev–Trinajstić information content (AvgIpc) is 2.90. The Morgan fingerprint density at radius 2 is 2.33 bits per heavy atom. The number of furan rings is 1. The lowest BCUT2D eigenvalue weighted by molar-refractivity contribution is 0.238. The first kappa shape index (κ1) is 13.6. The normalized spacial score (nSPS) is 21.0. The van der Waals surface area contributed by atoms with Gasteiger partial charge in [0.15, 0.2) is 0 Å². The maximum absolute atomic E-state index is 5.65. The summed E-state index contributed by atoms with van der Waals surface area (Å²) in [6.07, 6.45) is 4.54. The number of hydrogen-bond acceptors (Lipinski definition) is 3. The molecule has 1 aliphatic rings. The van der Waals surface area contributed by atoms with E-state index in [1.54, 1.807) is 0 Å². The van der Waals surface area contributed by atoms with Gasteiger partial charge in [-0.25, -0.2) is 0 Å². The van der Waals surface area contributed by atoms with Crippen LogP contribution in [0.5, 0.6) is 0 Å². The molecule has 3 heteroatoms. The summed E-state index contributed by atoms with van der Waals surface area (Å²) < 4.78 is 5.65. The molecule has 1 saturated heterocycles. The topological polar surface area (TPSA) is 28.4 Å². The molecule has 1 atom stereocenters. The Bertz CT molecular complexity index is 359. The number of hydrogen-bond donors (Lipinski definition) is 1. The Labute approximate surface area is 111 Å². The predicted octanol–water partition coefficient (Wildman–Crippen LogP) is 3.01. The Morgan fingerprint density at radius 1 is 1.50 bits per heavy atom. The second kappa shape index (κ2) is 6.39. The molecule has 0 saturated carbocycles. The number of nitrogens with one attached hydrogen (secondary N) is 1. The van der Waals surface area contributed by atoms with Gasteiger partial charge < -0.3 is 9.73 Å².